The van der Waals surface area contributed by atoms with Crippen LogP contribution in [-0.2, 0) is 17.6 Å². The Labute approximate surface area is 135 Å². The first-order chi connectivity index (χ1) is 10.5. The van der Waals surface area contributed by atoms with Crippen LogP contribution >= 0.6 is 11.3 Å². The second-order valence-corrected chi connectivity index (χ2v) is 7.02. The van der Waals surface area contributed by atoms with Crippen molar-refractivity contribution < 1.29 is 9.59 Å². The van der Waals surface area contributed by atoms with Crippen LogP contribution < -0.4 is 11.1 Å². The Kier molecular flexibility index (Phi) is 5.97. The van der Waals surface area contributed by atoms with E-state index in [9.17, 15) is 9.59 Å². The van der Waals surface area contributed by atoms with Gasteiger partial charge in [-0.05, 0) is 51.3 Å². The normalized spacial score (nSPS) is 14.0. The maximum Gasteiger partial charge on any atom is 0.251 e. The van der Waals surface area contributed by atoms with E-state index in [1.807, 2.05) is 11.9 Å². The summed E-state index contributed by atoms with van der Waals surface area (Å²) >= 11 is 1.51. The molecule has 22 heavy (non-hydrogen) atoms. The van der Waals surface area contributed by atoms with Crippen molar-refractivity contribution in [1.29, 1.82) is 0 Å². The maximum atomic E-state index is 12.2. The molecule has 1 aliphatic carbocycles. The van der Waals surface area contributed by atoms with Gasteiger partial charge in [-0.25, -0.2) is 0 Å². The maximum absolute atomic E-state index is 12.2. The molecular weight excluding hydrogens is 298 g/mol. The molecule has 5 nitrogen and oxygen atoms in total. The predicted molar refractivity (Wildman–Crippen MR) is 90.5 cm³/mol. The number of hydrogen-bond acceptors (Lipinski definition) is 4. The fraction of sp³-hybridized carbons (Fsp3) is 0.625. The summed E-state index contributed by atoms with van der Waals surface area (Å²) in [4.78, 5) is 27.1. The topological polar surface area (TPSA) is 75.4 Å². The highest BCUT2D eigenvalue weighted by Gasteiger charge is 2.25. The first-order valence-electron chi connectivity index (χ1n) is 7.95. The van der Waals surface area contributed by atoms with Crippen LogP contribution in [0.1, 0.15) is 53.4 Å². The molecule has 2 rings (SSSR count). The molecule has 3 N–H and O–H groups in total. The monoisotopic (exact) mass is 323 g/mol. The molecule has 2 amide bonds. The number of aryl methyl sites for hydroxylation is 1. The minimum Gasteiger partial charge on any atom is -0.365 e. The lowest BCUT2D eigenvalue weighted by Crippen LogP contribution is -2.31. The lowest BCUT2D eigenvalue weighted by molar-refractivity contribution is -0.117. The number of thiophene rings is 1. The zero-order valence-corrected chi connectivity index (χ0v) is 14.2. The number of nitrogens with two attached hydrogens (primary N) is 1. The third-order valence-electron chi connectivity index (χ3n) is 3.98. The number of amides is 2. The summed E-state index contributed by atoms with van der Waals surface area (Å²) in [6.45, 7) is 3.36. The number of fused-ring (bicyclic) bond motifs is 1. The van der Waals surface area contributed by atoms with E-state index in [0.717, 1.165) is 50.6 Å². The highest BCUT2D eigenvalue weighted by atomic mass is 32.1. The van der Waals surface area contributed by atoms with Crippen molar-refractivity contribution in [2.75, 3.05) is 25.5 Å². The van der Waals surface area contributed by atoms with Crippen LogP contribution in [0.3, 0.4) is 0 Å². The number of nitrogens with zero attached hydrogens (tertiary/aromatic N) is 1. The number of primary amides is 1. The first-order valence-corrected chi connectivity index (χ1v) is 8.77. The Bertz CT molecular complexity index is 554. The summed E-state index contributed by atoms with van der Waals surface area (Å²) in [6.07, 6.45) is 6.26. The molecule has 122 valence electrons. The molecule has 0 saturated heterocycles. The summed E-state index contributed by atoms with van der Waals surface area (Å²) < 4.78 is 0. The lowest BCUT2D eigenvalue weighted by atomic mass is 9.95. The van der Waals surface area contributed by atoms with Gasteiger partial charge in [-0.2, -0.15) is 0 Å². The van der Waals surface area contributed by atoms with E-state index in [-0.39, 0.29) is 5.91 Å². The molecule has 0 aromatic carbocycles. The largest absolute Gasteiger partial charge is 0.365 e. The van der Waals surface area contributed by atoms with Crippen LogP contribution in [0.2, 0.25) is 0 Å². The van der Waals surface area contributed by atoms with E-state index in [2.05, 4.69) is 12.2 Å². The van der Waals surface area contributed by atoms with Gasteiger partial charge >= 0.3 is 0 Å². The van der Waals surface area contributed by atoms with Gasteiger partial charge in [-0.15, -0.1) is 11.3 Å². The summed E-state index contributed by atoms with van der Waals surface area (Å²) in [5.41, 5.74) is 7.12. The summed E-state index contributed by atoms with van der Waals surface area (Å²) in [5, 5.41) is 3.53. The Morgan fingerprint density at radius 1 is 1.32 bits per heavy atom. The molecular formula is C16H25N3O2S. The quantitative estimate of drug-likeness (QED) is 0.809. The number of rotatable bonds is 7. The molecule has 0 fully saturated rings. The molecule has 1 heterocycles. The highest BCUT2D eigenvalue weighted by molar-refractivity contribution is 7.17. The smallest absolute Gasteiger partial charge is 0.251 e. The lowest BCUT2D eigenvalue weighted by Gasteiger charge is -2.15. The van der Waals surface area contributed by atoms with Gasteiger partial charge in [0.25, 0.3) is 5.91 Å². The fourth-order valence-electron chi connectivity index (χ4n) is 2.83. The van der Waals surface area contributed by atoms with Crippen LogP contribution in [0.15, 0.2) is 0 Å². The molecule has 1 aliphatic rings. The van der Waals surface area contributed by atoms with Gasteiger partial charge in [-0.3, -0.25) is 14.5 Å². The summed E-state index contributed by atoms with van der Waals surface area (Å²) in [5.74, 6) is -0.520. The van der Waals surface area contributed by atoms with Crippen molar-refractivity contribution in [3.8, 4) is 0 Å². The van der Waals surface area contributed by atoms with E-state index in [1.54, 1.807) is 0 Å². The molecule has 0 radical (unpaired) electrons. The Morgan fingerprint density at radius 3 is 2.73 bits per heavy atom. The molecule has 0 spiro atoms. The van der Waals surface area contributed by atoms with Crippen LogP contribution in [0.4, 0.5) is 5.00 Å². The van der Waals surface area contributed by atoms with Crippen molar-refractivity contribution in [2.45, 2.75) is 45.4 Å². The van der Waals surface area contributed by atoms with Crippen molar-refractivity contribution in [2.24, 2.45) is 5.73 Å². The summed E-state index contributed by atoms with van der Waals surface area (Å²) in [6, 6.07) is 0. The van der Waals surface area contributed by atoms with Crippen molar-refractivity contribution in [3.05, 3.63) is 16.0 Å². The molecule has 6 heteroatoms. The van der Waals surface area contributed by atoms with Gasteiger partial charge in [0.15, 0.2) is 0 Å². The van der Waals surface area contributed by atoms with Crippen LogP contribution in [0.25, 0.3) is 0 Å². The van der Waals surface area contributed by atoms with Gasteiger partial charge in [0.2, 0.25) is 5.91 Å². The standard InChI is InChI=1S/C16H25N3O2S/c1-3-4-9-19(2)10-13(20)18-16-14(15(17)21)11-7-5-6-8-12(11)22-16/h3-10H2,1-2H3,(H2,17,21)(H,18,20). The molecule has 1 aromatic rings. The minimum absolute atomic E-state index is 0.0836. The Hall–Kier alpha value is -1.40. The van der Waals surface area contributed by atoms with E-state index >= 15 is 0 Å². The average molecular weight is 323 g/mol. The third-order valence-corrected chi connectivity index (χ3v) is 5.18. The Morgan fingerprint density at radius 2 is 2.05 bits per heavy atom. The number of nitrogens with one attached hydrogen (secondary N) is 1. The molecule has 1 aromatic heterocycles. The number of unbranched alkanes of at least 4 members (excludes halogenated alkanes) is 1. The minimum atomic E-state index is -0.436. The number of hydrogen-bond donors (Lipinski definition) is 2. The number of likely N-dealkylation sites (N-methyl/N-ethyl adjacent to an activating group) is 1. The molecule has 0 aliphatic heterocycles. The molecule has 0 unspecified atom stereocenters. The van der Waals surface area contributed by atoms with E-state index in [4.69, 9.17) is 5.73 Å². The second-order valence-electron chi connectivity index (χ2n) is 5.92. The molecule has 0 saturated carbocycles. The van der Waals surface area contributed by atoms with Gasteiger partial charge in [0.05, 0.1) is 12.1 Å². The summed E-state index contributed by atoms with van der Waals surface area (Å²) in [7, 11) is 1.93. The van der Waals surface area contributed by atoms with E-state index in [1.165, 1.54) is 16.2 Å². The van der Waals surface area contributed by atoms with Gasteiger partial charge in [0.1, 0.15) is 5.00 Å². The second kappa shape index (κ2) is 7.74. The zero-order valence-electron chi connectivity index (χ0n) is 13.4. The Balaban J connectivity index is 2.07. The van der Waals surface area contributed by atoms with Crippen molar-refractivity contribution >= 4 is 28.2 Å². The van der Waals surface area contributed by atoms with Gasteiger partial charge in [-0.1, -0.05) is 13.3 Å². The van der Waals surface area contributed by atoms with E-state index < -0.39 is 5.91 Å². The third kappa shape index (κ3) is 4.08. The van der Waals surface area contributed by atoms with Crippen molar-refractivity contribution in [1.82, 2.24) is 4.90 Å². The average Bonchev–Trinajstić information content (AvgIpc) is 2.82. The predicted octanol–water partition coefficient (Wildman–Crippen LogP) is 2.40. The van der Waals surface area contributed by atoms with Gasteiger partial charge < -0.3 is 11.1 Å². The highest BCUT2D eigenvalue weighted by Crippen LogP contribution is 2.37. The molecule has 0 bridgehead atoms. The number of carbonyl (C=O) groups is 2. The van der Waals surface area contributed by atoms with E-state index in [0.29, 0.717) is 17.1 Å². The fourth-order valence-corrected chi connectivity index (χ4v) is 4.14. The first kappa shape index (κ1) is 17.0. The zero-order chi connectivity index (χ0) is 16.1. The van der Waals surface area contributed by atoms with Crippen molar-refractivity contribution in [3.63, 3.8) is 0 Å². The van der Waals surface area contributed by atoms with Crippen LogP contribution in [0.5, 0.6) is 0 Å². The van der Waals surface area contributed by atoms with Gasteiger partial charge in [0, 0.05) is 4.88 Å². The van der Waals surface area contributed by atoms with Crippen LogP contribution in [-0.4, -0.2) is 36.9 Å². The number of carbonyl (C=O) groups excluding carboxylic acids is 2. The molecule has 0 atom stereocenters. The SMILES string of the molecule is CCCCN(C)CC(=O)Nc1sc2c(c1C(N)=O)CCCC2. The number of anilines is 1. The van der Waals surface area contributed by atoms with Crippen LogP contribution in [0, 0.1) is 0 Å².